The van der Waals surface area contributed by atoms with Crippen LogP contribution >= 0.6 is 11.6 Å². The fraction of sp³-hybridized carbons (Fsp3) is 0.412. The summed E-state index contributed by atoms with van der Waals surface area (Å²) in [7, 11) is 0. The molecule has 0 bridgehead atoms. The lowest BCUT2D eigenvalue weighted by Crippen LogP contribution is -2.50. The third-order valence-corrected chi connectivity index (χ3v) is 4.51. The quantitative estimate of drug-likeness (QED) is 0.812. The molecule has 1 aliphatic heterocycles. The van der Waals surface area contributed by atoms with Gasteiger partial charge in [-0.15, -0.1) is 5.10 Å². The third-order valence-electron chi connectivity index (χ3n) is 4.14. The van der Waals surface area contributed by atoms with Gasteiger partial charge in [0.2, 0.25) is 0 Å². The summed E-state index contributed by atoms with van der Waals surface area (Å²) in [5, 5.41) is 8.63. The zero-order chi connectivity index (χ0) is 18.5. The summed E-state index contributed by atoms with van der Waals surface area (Å²) in [6.07, 6.45) is 1.27. The molecule has 0 spiro atoms. The highest BCUT2D eigenvalue weighted by Crippen LogP contribution is 2.16. The largest absolute Gasteiger partial charge is 0.450 e. The Morgan fingerprint density at radius 1 is 1.15 bits per heavy atom. The summed E-state index contributed by atoms with van der Waals surface area (Å²) in [6, 6.07) is 7.47. The van der Waals surface area contributed by atoms with Crippen LogP contribution in [0, 0.1) is 0 Å². The monoisotopic (exact) mass is 377 g/mol. The standard InChI is InChI=1S/C17H20ClN5O3/c1-2-26-17(25)22-9-7-21(8-10-22)16(24)15-12-23(20-19-15)11-13-5-3-4-6-14(13)18/h3-6,12H,2,7-11H2,1H3. The number of hydrogen-bond acceptors (Lipinski definition) is 5. The van der Waals surface area contributed by atoms with Crippen LogP contribution in [0.1, 0.15) is 23.0 Å². The van der Waals surface area contributed by atoms with Gasteiger partial charge in [0.1, 0.15) is 0 Å². The molecule has 2 aromatic rings. The van der Waals surface area contributed by atoms with Crippen molar-refractivity contribution in [3.63, 3.8) is 0 Å². The minimum atomic E-state index is -0.342. The van der Waals surface area contributed by atoms with E-state index in [1.54, 1.807) is 27.6 Å². The van der Waals surface area contributed by atoms with Gasteiger partial charge in [0.25, 0.3) is 5.91 Å². The first-order valence-corrected chi connectivity index (χ1v) is 8.80. The zero-order valence-corrected chi connectivity index (χ0v) is 15.2. The molecule has 8 nitrogen and oxygen atoms in total. The lowest BCUT2D eigenvalue weighted by molar-refractivity contribution is 0.0566. The van der Waals surface area contributed by atoms with Crippen LogP contribution in [-0.4, -0.2) is 69.6 Å². The second-order valence-corrected chi connectivity index (χ2v) is 6.28. The third kappa shape index (κ3) is 4.13. The van der Waals surface area contributed by atoms with Crippen LogP contribution in [0.15, 0.2) is 30.5 Å². The predicted octanol–water partition coefficient (Wildman–Crippen LogP) is 1.89. The van der Waals surface area contributed by atoms with Gasteiger partial charge in [-0.05, 0) is 18.6 Å². The van der Waals surface area contributed by atoms with Crippen LogP contribution in [0.3, 0.4) is 0 Å². The molecule has 3 rings (SSSR count). The second kappa shape index (κ2) is 8.18. The first kappa shape index (κ1) is 18.2. The molecule has 0 unspecified atom stereocenters. The van der Waals surface area contributed by atoms with E-state index in [2.05, 4.69) is 10.3 Å². The Hall–Kier alpha value is -2.61. The van der Waals surface area contributed by atoms with Gasteiger partial charge in [-0.2, -0.15) is 0 Å². The number of halogens is 1. The molecule has 1 aromatic carbocycles. The van der Waals surface area contributed by atoms with E-state index in [1.807, 2.05) is 24.3 Å². The zero-order valence-electron chi connectivity index (χ0n) is 14.5. The number of amides is 2. The molecule has 2 heterocycles. The molecule has 0 atom stereocenters. The van der Waals surface area contributed by atoms with E-state index in [1.165, 1.54) is 0 Å². The van der Waals surface area contributed by atoms with Crippen LogP contribution in [0.25, 0.3) is 0 Å². The van der Waals surface area contributed by atoms with E-state index < -0.39 is 0 Å². The number of rotatable bonds is 4. The van der Waals surface area contributed by atoms with Crippen LogP contribution in [0.2, 0.25) is 5.02 Å². The highest BCUT2D eigenvalue weighted by molar-refractivity contribution is 6.31. The highest BCUT2D eigenvalue weighted by atomic mass is 35.5. The van der Waals surface area contributed by atoms with Crippen molar-refractivity contribution < 1.29 is 14.3 Å². The van der Waals surface area contributed by atoms with Gasteiger partial charge in [-0.1, -0.05) is 35.0 Å². The number of ether oxygens (including phenoxy) is 1. The lowest BCUT2D eigenvalue weighted by atomic mass is 10.2. The lowest BCUT2D eigenvalue weighted by Gasteiger charge is -2.33. The predicted molar refractivity (Wildman–Crippen MR) is 95.1 cm³/mol. The molecule has 2 amide bonds. The second-order valence-electron chi connectivity index (χ2n) is 5.87. The molecule has 0 aliphatic carbocycles. The van der Waals surface area contributed by atoms with E-state index in [4.69, 9.17) is 16.3 Å². The van der Waals surface area contributed by atoms with Gasteiger partial charge in [-0.25, -0.2) is 9.48 Å². The summed E-state index contributed by atoms with van der Waals surface area (Å²) in [5.41, 5.74) is 1.18. The van der Waals surface area contributed by atoms with Crippen molar-refractivity contribution in [2.45, 2.75) is 13.5 Å². The Kier molecular flexibility index (Phi) is 5.72. The van der Waals surface area contributed by atoms with Gasteiger partial charge >= 0.3 is 6.09 Å². The van der Waals surface area contributed by atoms with E-state index in [0.717, 1.165) is 5.56 Å². The summed E-state index contributed by atoms with van der Waals surface area (Å²) in [4.78, 5) is 27.6. The molecule has 1 aliphatic rings. The molecule has 1 aromatic heterocycles. The van der Waals surface area contributed by atoms with Gasteiger partial charge in [0.05, 0.1) is 19.3 Å². The van der Waals surface area contributed by atoms with Crippen molar-refractivity contribution in [3.05, 3.63) is 46.7 Å². The molecule has 9 heteroatoms. The Bertz CT molecular complexity index is 786. The maximum atomic E-state index is 12.6. The number of piperazine rings is 1. The van der Waals surface area contributed by atoms with Crippen LogP contribution in [0.4, 0.5) is 4.79 Å². The first-order chi connectivity index (χ1) is 12.6. The summed E-state index contributed by atoms with van der Waals surface area (Å²) < 4.78 is 6.56. The molecular formula is C17H20ClN5O3. The van der Waals surface area contributed by atoms with Crippen molar-refractivity contribution in [2.24, 2.45) is 0 Å². The molecule has 1 fully saturated rings. The van der Waals surface area contributed by atoms with Crippen LogP contribution in [-0.2, 0) is 11.3 Å². The molecule has 1 saturated heterocycles. The maximum absolute atomic E-state index is 12.6. The van der Waals surface area contributed by atoms with Crippen molar-refractivity contribution in [3.8, 4) is 0 Å². The molecule has 0 saturated carbocycles. The van der Waals surface area contributed by atoms with Crippen molar-refractivity contribution in [2.75, 3.05) is 32.8 Å². The summed E-state index contributed by atoms with van der Waals surface area (Å²) in [6.45, 7) is 4.31. The van der Waals surface area contributed by atoms with Crippen molar-refractivity contribution in [1.29, 1.82) is 0 Å². The average molecular weight is 378 g/mol. The molecular weight excluding hydrogens is 358 g/mol. The van der Waals surface area contributed by atoms with Crippen LogP contribution < -0.4 is 0 Å². The fourth-order valence-electron chi connectivity index (χ4n) is 2.74. The molecule has 26 heavy (non-hydrogen) atoms. The first-order valence-electron chi connectivity index (χ1n) is 8.43. The number of aromatic nitrogens is 3. The van der Waals surface area contributed by atoms with Gasteiger partial charge in [0.15, 0.2) is 5.69 Å². The van der Waals surface area contributed by atoms with Crippen molar-refractivity contribution >= 4 is 23.6 Å². The normalized spacial score (nSPS) is 14.4. The Labute approximate surface area is 156 Å². The number of carbonyl (C=O) groups excluding carboxylic acids is 2. The number of nitrogens with zero attached hydrogens (tertiary/aromatic N) is 5. The smallest absolute Gasteiger partial charge is 0.409 e. The van der Waals surface area contributed by atoms with E-state index in [-0.39, 0.29) is 17.7 Å². The van der Waals surface area contributed by atoms with E-state index in [9.17, 15) is 9.59 Å². The number of benzene rings is 1. The fourth-order valence-corrected chi connectivity index (χ4v) is 2.94. The average Bonchev–Trinajstić information content (AvgIpc) is 3.12. The van der Waals surface area contributed by atoms with Gasteiger partial charge < -0.3 is 14.5 Å². The highest BCUT2D eigenvalue weighted by Gasteiger charge is 2.26. The summed E-state index contributed by atoms with van der Waals surface area (Å²) >= 11 is 6.15. The Morgan fingerprint density at radius 3 is 2.54 bits per heavy atom. The minimum Gasteiger partial charge on any atom is -0.450 e. The topological polar surface area (TPSA) is 80.6 Å². The number of hydrogen-bond donors (Lipinski definition) is 0. The van der Waals surface area contributed by atoms with E-state index in [0.29, 0.717) is 44.4 Å². The van der Waals surface area contributed by atoms with Gasteiger partial charge in [0, 0.05) is 31.2 Å². The van der Waals surface area contributed by atoms with Crippen LogP contribution in [0.5, 0.6) is 0 Å². The molecule has 138 valence electrons. The van der Waals surface area contributed by atoms with Crippen molar-refractivity contribution in [1.82, 2.24) is 24.8 Å². The maximum Gasteiger partial charge on any atom is 0.409 e. The number of carbonyl (C=O) groups is 2. The molecule has 0 radical (unpaired) electrons. The molecule has 0 N–H and O–H groups in total. The minimum absolute atomic E-state index is 0.195. The Morgan fingerprint density at radius 2 is 1.85 bits per heavy atom. The van der Waals surface area contributed by atoms with E-state index >= 15 is 0 Å². The SMILES string of the molecule is CCOC(=O)N1CCN(C(=O)c2cn(Cc3ccccc3Cl)nn2)CC1. The van der Waals surface area contributed by atoms with Gasteiger partial charge in [-0.3, -0.25) is 4.79 Å². The Balaban J connectivity index is 1.59. The summed E-state index contributed by atoms with van der Waals surface area (Å²) in [5.74, 6) is -0.195.